The first-order valence-electron chi connectivity index (χ1n) is 7.50. The number of hydrogen-bond donors (Lipinski definition) is 1. The summed E-state index contributed by atoms with van der Waals surface area (Å²) in [5.74, 6) is 1.58. The number of aryl methyl sites for hydroxylation is 2. The number of anilines is 1. The summed E-state index contributed by atoms with van der Waals surface area (Å²) in [6.07, 6.45) is 2.33. The van der Waals surface area contributed by atoms with Gasteiger partial charge < -0.3 is 10.1 Å². The molecule has 1 aromatic heterocycles. The van der Waals surface area contributed by atoms with Crippen LogP contribution >= 0.6 is 0 Å². The summed E-state index contributed by atoms with van der Waals surface area (Å²) >= 11 is 0. The van der Waals surface area contributed by atoms with Crippen LogP contribution in [0.25, 0.3) is 0 Å². The van der Waals surface area contributed by atoms with Gasteiger partial charge in [-0.15, -0.1) is 0 Å². The lowest BCUT2D eigenvalue weighted by molar-refractivity contribution is 0.370. The fraction of sp³-hybridized carbons (Fsp3) is 0.389. The summed E-state index contributed by atoms with van der Waals surface area (Å²) in [5, 5.41) is 3.61. The van der Waals surface area contributed by atoms with Crippen LogP contribution in [-0.2, 0) is 0 Å². The maximum atomic E-state index is 5.30. The van der Waals surface area contributed by atoms with E-state index in [0.717, 1.165) is 22.8 Å². The lowest BCUT2D eigenvalue weighted by Crippen LogP contribution is -2.34. The summed E-state index contributed by atoms with van der Waals surface area (Å²) in [6.45, 7) is 4.09. The molecule has 1 saturated carbocycles. The van der Waals surface area contributed by atoms with Gasteiger partial charge in [0.2, 0.25) is 0 Å². The zero-order valence-corrected chi connectivity index (χ0v) is 12.9. The van der Waals surface area contributed by atoms with Gasteiger partial charge in [-0.3, -0.25) is 4.98 Å². The van der Waals surface area contributed by atoms with Crippen molar-refractivity contribution in [3.63, 3.8) is 0 Å². The molecule has 110 valence electrons. The third-order valence-corrected chi connectivity index (χ3v) is 4.29. The Labute approximate surface area is 126 Å². The molecule has 1 aliphatic carbocycles. The minimum absolute atomic E-state index is 0.546. The molecule has 0 aliphatic heterocycles. The van der Waals surface area contributed by atoms with Crippen molar-refractivity contribution in [2.75, 3.05) is 12.4 Å². The van der Waals surface area contributed by atoms with Crippen molar-refractivity contribution < 1.29 is 4.74 Å². The van der Waals surface area contributed by atoms with Crippen LogP contribution in [0.1, 0.15) is 35.7 Å². The van der Waals surface area contributed by atoms with E-state index in [2.05, 4.69) is 47.6 Å². The lowest BCUT2D eigenvalue weighted by Gasteiger charge is -2.37. The molecule has 0 radical (unpaired) electrons. The van der Waals surface area contributed by atoms with Crippen LogP contribution in [0, 0.1) is 13.8 Å². The van der Waals surface area contributed by atoms with E-state index in [9.17, 15) is 0 Å². The number of benzene rings is 1. The van der Waals surface area contributed by atoms with Crippen molar-refractivity contribution >= 4 is 5.69 Å². The maximum Gasteiger partial charge on any atom is 0.119 e. The summed E-state index contributed by atoms with van der Waals surface area (Å²) in [4.78, 5) is 4.51. The van der Waals surface area contributed by atoms with Crippen LogP contribution in [0.3, 0.4) is 0 Å². The first-order valence-corrected chi connectivity index (χ1v) is 7.50. The number of aromatic nitrogens is 1. The van der Waals surface area contributed by atoms with Gasteiger partial charge >= 0.3 is 0 Å². The molecule has 1 aromatic carbocycles. The molecule has 0 spiro atoms. The second-order valence-electron chi connectivity index (χ2n) is 5.87. The van der Waals surface area contributed by atoms with E-state index >= 15 is 0 Å². The molecule has 3 nitrogen and oxygen atoms in total. The molecule has 2 aromatic rings. The molecule has 1 N–H and O–H groups in total. The van der Waals surface area contributed by atoms with E-state index in [4.69, 9.17) is 4.74 Å². The summed E-state index contributed by atoms with van der Waals surface area (Å²) in [7, 11) is 1.72. The molecule has 0 bridgehead atoms. The van der Waals surface area contributed by atoms with Crippen LogP contribution in [0.2, 0.25) is 0 Å². The monoisotopic (exact) mass is 282 g/mol. The molecule has 1 aliphatic rings. The molecule has 3 rings (SSSR count). The summed E-state index contributed by atoms with van der Waals surface area (Å²) < 4.78 is 5.30. The second-order valence-corrected chi connectivity index (χ2v) is 5.87. The SMILES string of the molecule is COc1cccc(C2CC(Nc3ccc(C)nc3C)C2)c1. The Balaban J connectivity index is 1.60. The Morgan fingerprint density at radius 1 is 1.14 bits per heavy atom. The predicted octanol–water partition coefficient (Wildman–Crippen LogP) is 4.07. The van der Waals surface area contributed by atoms with Crippen LogP contribution < -0.4 is 10.1 Å². The number of pyridine rings is 1. The van der Waals surface area contributed by atoms with Gasteiger partial charge in [-0.25, -0.2) is 0 Å². The highest BCUT2D eigenvalue weighted by Crippen LogP contribution is 2.39. The Bertz CT molecular complexity index is 633. The Morgan fingerprint density at radius 2 is 1.95 bits per heavy atom. The highest BCUT2D eigenvalue weighted by Gasteiger charge is 2.30. The zero-order chi connectivity index (χ0) is 14.8. The van der Waals surface area contributed by atoms with Crippen molar-refractivity contribution in [2.24, 2.45) is 0 Å². The van der Waals surface area contributed by atoms with E-state index in [-0.39, 0.29) is 0 Å². The molecular formula is C18H22N2O. The highest BCUT2D eigenvalue weighted by molar-refractivity contribution is 5.49. The first kappa shape index (κ1) is 13.9. The van der Waals surface area contributed by atoms with Gasteiger partial charge in [0.25, 0.3) is 0 Å². The molecule has 21 heavy (non-hydrogen) atoms. The first-order chi connectivity index (χ1) is 10.2. The van der Waals surface area contributed by atoms with Gasteiger partial charge in [-0.1, -0.05) is 12.1 Å². The number of nitrogens with zero attached hydrogens (tertiary/aromatic N) is 1. The number of rotatable bonds is 4. The molecule has 0 atom stereocenters. The molecule has 0 saturated heterocycles. The van der Waals surface area contributed by atoms with Crippen molar-refractivity contribution in [2.45, 2.75) is 38.6 Å². The topological polar surface area (TPSA) is 34.1 Å². The van der Waals surface area contributed by atoms with E-state index in [1.165, 1.54) is 18.4 Å². The molecular weight excluding hydrogens is 260 g/mol. The minimum atomic E-state index is 0.546. The third kappa shape index (κ3) is 3.02. The van der Waals surface area contributed by atoms with E-state index < -0.39 is 0 Å². The van der Waals surface area contributed by atoms with Gasteiger partial charge in [-0.05, 0) is 62.4 Å². The van der Waals surface area contributed by atoms with Gasteiger partial charge in [-0.2, -0.15) is 0 Å². The van der Waals surface area contributed by atoms with Crippen LogP contribution in [0.15, 0.2) is 36.4 Å². The number of methoxy groups -OCH3 is 1. The Morgan fingerprint density at radius 3 is 2.67 bits per heavy atom. The zero-order valence-electron chi connectivity index (χ0n) is 12.9. The molecule has 1 heterocycles. The lowest BCUT2D eigenvalue weighted by atomic mass is 9.75. The van der Waals surface area contributed by atoms with Gasteiger partial charge in [0, 0.05) is 11.7 Å². The smallest absolute Gasteiger partial charge is 0.119 e. The molecule has 1 fully saturated rings. The average Bonchev–Trinajstić information content (AvgIpc) is 2.44. The minimum Gasteiger partial charge on any atom is -0.497 e. The molecule has 0 unspecified atom stereocenters. The third-order valence-electron chi connectivity index (χ3n) is 4.29. The average molecular weight is 282 g/mol. The van der Waals surface area contributed by atoms with Crippen molar-refractivity contribution in [1.29, 1.82) is 0 Å². The van der Waals surface area contributed by atoms with Crippen LogP contribution in [0.4, 0.5) is 5.69 Å². The fourth-order valence-corrected chi connectivity index (χ4v) is 2.96. The van der Waals surface area contributed by atoms with Crippen LogP contribution in [0.5, 0.6) is 5.75 Å². The maximum absolute atomic E-state index is 5.30. The van der Waals surface area contributed by atoms with E-state index in [1.54, 1.807) is 7.11 Å². The molecule has 0 amide bonds. The highest BCUT2D eigenvalue weighted by atomic mass is 16.5. The standard InChI is InChI=1S/C18H22N2O/c1-12-7-8-18(13(2)19-12)20-16-9-15(10-16)14-5-4-6-17(11-14)21-3/h4-8,11,15-16,20H,9-10H2,1-3H3. The van der Waals surface area contributed by atoms with Crippen molar-refractivity contribution in [1.82, 2.24) is 4.98 Å². The summed E-state index contributed by atoms with van der Waals surface area (Å²) in [6, 6.07) is 13.2. The largest absolute Gasteiger partial charge is 0.497 e. The number of ether oxygens (including phenoxy) is 1. The van der Waals surface area contributed by atoms with Crippen molar-refractivity contribution in [3.05, 3.63) is 53.3 Å². The van der Waals surface area contributed by atoms with Gasteiger partial charge in [0.15, 0.2) is 0 Å². The number of nitrogens with one attached hydrogen (secondary N) is 1. The van der Waals surface area contributed by atoms with E-state index in [0.29, 0.717) is 12.0 Å². The Kier molecular flexibility index (Phi) is 3.82. The van der Waals surface area contributed by atoms with Gasteiger partial charge in [0.05, 0.1) is 18.5 Å². The van der Waals surface area contributed by atoms with Crippen molar-refractivity contribution in [3.8, 4) is 5.75 Å². The summed E-state index contributed by atoms with van der Waals surface area (Å²) in [5.41, 5.74) is 4.70. The second kappa shape index (κ2) is 5.76. The fourth-order valence-electron chi connectivity index (χ4n) is 2.96. The van der Waals surface area contributed by atoms with E-state index in [1.807, 2.05) is 13.0 Å². The predicted molar refractivity (Wildman–Crippen MR) is 86.1 cm³/mol. The number of hydrogen-bond acceptors (Lipinski definition) is 3. The molecule has 3 heteroatoms. The van der Waals surface area contributed by atoms with Gasteiger partial charge in [0.1, 0.15) is 5.75 Å². The normalized spacial score (nSPS) is 20.7. The quantitative estimate of drug-likeness (QED) is 0.918. The van der Waals surface area contributed by atoms with Crippen LogP contribution in [-0.4, -0.2) is 18.1 Å². The Hall–Kier alpha value is -2.03.